The summed E-state index contributed by atoms with van der Waals surface area (Å²) in [5.41, 5.74) is 0. The average Bonchev–Trinajstić information content (AvgIpc) is 2.11. The van der Waals surface area contributed by atoms with Gasteiger partial charge in [-0.25, -0.2) is 13.2 Å². The van der Waals surface area contributed by atoms with Gasteiger partial charge in [0.05, 0.1) is 4.83 Å². The van der Waals surface area contributed by atoms with Crippen molar-refractivity contribution < 1.29 is 23.1 Å². The molecule has 0 amide bonds. The monoisotopic (exact) mass is 274 g/mol. The summed E-state index contributed by atoms with van der Waals surface area (Å²) in [6.45, 7) is 1.18. The number of aliphatic carboxylic acids is 1. The van der Waals surface area contributed by atoms with E-state index in [4.69, 9.17) is 5.11 Å². The Morgan fingerprint density at radius 3 is 2.14 bits per heavy atom. The van der Waals surface area contributed by atoms with Gasteiger partial charge in [0.1, 0.15) is 24.4 Å². The number of carbonyl (C=O) groups is 1. The Hall–Kier alpha value is -0.260. The lowest BCUT2D eigenvalue weighted by Gasteiger charge is -2.37. The maximum Gasteiger partial charge on any atom is 0.310 e. The van der Waals surface area contributed by atoms with Crippen LogP contribution < -0.4 is 0 Å². The molecule has 2 nitrogen and oxygen atoms in total. The van der Waals surface area contributed by atoms with Crippen LogP contribution in [0.5, 0.6) is 0 Å². The lowest BCUT2D eigenvalue weighted by Crippen LogP contribution is -2.52. The van der Waals surface area contributed by atoms with E-state index in [0.717, 1.165) is 0 Å². The van der Waals surface area contributed by atoms with E-state index in [0.29, 0.717) is 0 Å². The van der Waals surface area contributed by atoms with Crippen LogP contribution in [0.2, 0.25) is 0 Å². The number of alkyl halides is 4. The molecule has 6 heteroatoms. The molecule has 0 radical (unpaired) electrons. The third-order valence-electron chi connectivity index (χ3n) is 2.58. The van der Waals surface area contributed by atoms with Crippen molar-refractivity contribution in [1.29, 1.82) is 0 Å². The fourth-order valence-corrected chi connectivity index (χ4v) is 2.42. The minimum Gasteiger partial charge on any atom is -0.481 e. The Labute approximate surface area is 87.6 Å². The summed E-state index contributed by atoms with van der Waals surface area (Å²) in [4.78, 5) is 9.31. The summed E-state index contributed by atoms with van der Waals surface area (Å²) in [7, 11) is 0. The third kappa shape index (κ3) is 1.76. The maximum absolute atomic E-state index is 13.3. The normalized spacial score (nSPS) is 48.9. The van der Waals surface area contributed by atoms with Crippen LogP contribution in [0.25, 0.3) is 0 Å². The highest BCUT2D eigenvalue weighted by atomic mass is 79.9. The van der Waals surface area contributed by atoms with Crippen LogP contribution in [-0.2, 0) is 4.79 Å². The molecule has 1 fully saturated rings. The highest BCUT2D eigenvalue weighted by Gasteiger charge is 2.52. The Morgan fingerprint density at radius 1 is 1.21 bits per heavy atom. The van der Waals surface area contributed by atoms with Gasteiger partial charge >= 0.3 is 5.97 Å². The molecule has 1 N–H and O–H groups in total. The molecule has 0 heterocycles. The van der Waals surface area contributed by atoms with Gasteiger partial charge in [-0.15, -0.1) is 0 Å². The van der Waals surface area contributed by atoms with E-state index in [2.05, 4.69) is 15.9 Å². The number of hydrogen-bond donors (Lipinski definition) is 1. The molecule has 14 heavy (non-hydrogen) atoms. The summed E-state index contributed by atoms with van der Waals surface area (Å²) in [6.07, 6.45) is -5.79. The van der Waals surface area contributed by atoms with Crippen LogP contribution >= 0.6 is 15.9 Å². The van der Waals surface area contributed by atoms with Crippen LogP contribution in [0.15, 0.2) is 0 Å². The molecule has 0 aromatic heterocycles. The van der Waals surface area contributed by atoms with Gasteiger partial charge in [-0.3, -0.25) is 4.79 Å². The first-order chi connectivity index (χ1) is 6.37. The largest absolute Gasteiger partial charge is 0.481 e. The molecule has 0 bridgehead atoms. The molecule has 1 rings (SSSR count). The quantitative estimate of drug-likeness (QED) is 0.744. The first-order valence-electron chi connectivity index (χ1n) is 4.17. The zero-order valence-electron chi connectivity index (χ0n) is 7.33. The Balaban J connectivity index is 2.92. The highest BCUT2D eigenvalue weighted by molar-refractivity contribution is 9.09. The van der Waals surface area contributed by atoms with E-state index in [9.17, 15) is 18.0 Å². The average molecular weight is 275 g/mol. The van der Waals surface area contributed by atoms with Gasteiger partial charge in [-0.05, 0) is 0 Å². The van der Waals surface area contributed by atoms with Crippen molar-refractivity contribution in [3.05, 3.63) is 0 Å². The van der Waals surface area contributed by atoms with E-state index < -0.39 is 41.1 Å². The molecule has 0 spiro atoms. The highest BCUT2D eigenvalue weighted by Crippen LogP contribution is 2.39. The van der Waals surface area contributed by atoms with Crippen molar-refractivity contribution in [3.63, 3.8) is 0 Å². The van der Waals surface area contributed by atoms with Crippen molar-refractivity contribution in [2.45, 2.75) is 30.3 Å². The standard InChI is InChI=1S/C8H10BrF3O2/c1-2-5(10)3(8(13)14)4(9)7(12)6(2)11/h2-7H,1H3,(H,13,14). The van der Waals surface area contributed by atoms with Crippen molar-refractivity contribution in [1.82, 2.24) is 0 Å². The first-order valence-corrected chi connectivity index (χ1v) is 5.08. The molecule has 1 aliphatic rings. The second-order valence-electron chi connectivity index (χ2n) is 3.50. The second kappa shape index (κ2) is 4.08. The summed E-state index contributed by atoms with van der Waals surface area (Å²) < 4.78 is 39.6. The van der Waals surface area contributed by atoms with Crippen LogP contribution in [0.3, 0.4) is 0 Å². The minimum atomic E-state index is -1.97. The number of hydrogen-bond acceptors (Lipinski definition) is 1. The molecular weight excluding hydrogens is 265 g/mol. The lowest BCUT2D eigenvalue weighted by molar-refractivity contribution is -0.149. The molecule has 6 atom stereocenters. The predicted octanol–water partition coefficient (Wildman–Crippen LogP) is 2.11. The fourth-order valence-electron chi connectivity index (χ4n) is 1.61. The molecule has 0 aromatic rings. The smallest absolute Gasteiger partial charge is 0.310 e. The fraction of sp³-hybridized carbons (Fsp3) is 0.875. The summed E-state index contributed by atoms with van der Waals surface area (Å²) >= 11 is 2.69. The lowest BCUT2D eigenvalue weighted by atomic mass is 9.78. The topological polar surface area (TPSA) is 37.3 Å². The van der Waals surface area contributed by atoms with Crippen molar-refractivity contribution in [2.75, 3.05) is 0 Å². The summed E-state index contributed by atoms with van der Waals surface area (Å²) in [5, 5.41) is 8.64. The third-order valence-corrected chi connectivity index (χ3v) is 3.66. The van der Waals surface area contributed by atoms with Gasteiger partial charge in [-0.1, -0.05) is 22.9 Å². The van der Waals surface area contributed by atoms with Crippen molar-refractivity contribution in [3.8, 4) is 0 Å². The zero-order chi connectivity index (χ0) is 11.0. The van der Waals surface area contributed by atoms with E-state index in [1.165, 1.54) is 6.92 Å². The maximum atomic E-state index is 13.3. The molecule has 1 saturated carbocycles. The van der Waals surface area contributed by atoms with Gasteiger partial charge in [0.15, 0.2) is 0 Å². The Bertz CT molecular complexity index is 223. The molecular formula is C8H10BrF3O2. The zero-order valence-corrected chi connectivity index (χ0v) is 8.92. The molecule has 82 valence electrons. The second-order valence-corrected chi connectivity index (χ2v) is 4.56. The van der Waals surface area contributed by atoms with E-state index in [1.807, 2.05) is 0 Å². The molecule has 6 unspecified atom stereocenters. The van der Waals surface area contributed by atoms with Gasteiger partial charge in [0, 0.05) is 5.92 Å². The van der Waals surface area contributed by atoms with E-state index in [-0.39, 0.29) is 0 Å². The van der Waals surface area contributed by atoms with Gasteiger partial charge in [0.25, 0.3) is 0 Å². The molecule has 0 saturated heterocycles. The Kier molecular flexibility index (Phi) is 3.44. The molecule has 0 aliphatic heterocycles. The SMILES string of the molecule is CC1C(F)C(F)C(Br)C(C(=O)O)C1F. The van der Waals surface area contributed by atoms with Crippen LogP contribution in [-0.4, -0.2) is 34.4 Å². The number of carboxylic acid groups (broad SMARTS) is 1. The predicted molar refractivity (Wildman–Crippen MR) is 47.7 cm³/mol. The number of carboxylic acids is 1. The number of rotatable bonds is 1. The summed E-state index contributed by atoms with van der Waals surface area (Å²) in [6, 6.07) is 0. The van der Waals surface area contributed by atoms with E-state index >= 15 is 0 Å². The Morgan fingerprint density at radius 2 is 1.71 bits per heavy atom. The van der Waals surface area contributed by atoms with Crippen molar-refractivity contribution in [2.24, 2.45) is 11.8 Å². The molecule has 0 aromatic carbocycles. The van der Waals surface area contributed by atoms with Crippen LogP contribution in [0, 0.1) is 11.8 Å². The minimum absolute atomic E-state index is 1.18. The summed E-state index contributed by atoms with van der Waals surface area (Å²) in [5.74, 6) is -4.19. The van der Waals surface area contributed by atoms with Gasteiger partial charge in [-0.2, -0.15) is 0 Å². The van der Waals surface area contributed by atoms with Gasteiger partial charge < -0.3 is 5.11 Å². The number of halogens is 4. The first kappa shape index (κ1) is 11.8. The van der Waals surface area contributed by atoms with Gasteiger partial charge in [0.2, 0.25) is 0 Å². The van der Waals surface area contributed by atoms with Crippen LogP contribution in [0.1, 0.15) is 6.92 Å². The van der Waals surface area contributed by atoms with E-state index in [1.54, 1.807) is 0 Å². The van der Waals surface area contributed by atoms with Crippen molar-refractivity contribution >= 4 is 21.9 Å². The van der Waals surface area contributed by atoms with Crippen LogP contribution in [0.4, 0.5) is 13.2 Å². The molecule has 1 aliphatic carbocycles.